The van der Waals surface area contributed by atoms with Gasteiger partial charge in [-0.15, -0.1) is 0 Å². The number of hydrogen-bond donors (Lipinski definition) is 1. The van der Waals surface area contributed by atoms with Crippen molar-refractivity contribution in [1.82, 2.24) is 15.2 Å². The van der Waals surface area contributed by atoms with Gasteiger partial charge in [0.15, 0.2) is 0 Å². The van der Waals surface area contributed by atoms with Gasteiger partial charge in [0, 0.05) is 47.8 Å². The molecule has 0 spiro atoms. The van der Waals surface area contributed by atoms with Gasteiger partial charge in [-0.3, -0.25) is 14.6 Å². The molecule has 3 rings (SSSR count). The summed E-state index contributed by atoms with van der Waals surface area (Å²) in [4.78, 5) is 16.7. The van der Waals surface area contributed by atoms with Gasteiger partial charge in [-0.1, -0.05) is 45.7 Å². The van der Waals surface area contributed by atoms with E-state index in [0.717, 1.165) is 53.3 Å². The molecule has 1 N–H and O–H groups in total. The molecule has 29 heavy (non-hydrogen) atoms. The SMILES string of the molecule is COc1ccc(Br)cc1/C=N\NC(=O)CN1CCN(Cc2ccccc2Cl)CC1. The molecule has 1 aliphatic rings. The maximum absolute atomic E-state index is 12.2. The van der Waals surface area contributed by atoms with Gasteiger partial charge in [0.25, 0.3) is 5.91 Å². The highest BCUT2D eigenvalue weighted by molar-refractivity contribution is 9.10. The summed E-state index contributed by atoms with van der Waals surface area (Å²) in [5.41, 5.74) is 4.52. The van der Waals surface area contributed by atoms with Crippen LogP contribution in [0.3, 0.4) is 0 Å². The molecule has 8 heteroatoms. The number of carbonyl (C=O) groups is 1. The van der Waals surface area contributed by atoms with Gasteiger partial charge in [-0.2, -0.15) is 5.10 Å². The molecule has 154 valence electrons. The van der Waals surface area contributed by atoms with Crippen LogP contribution in [0.2, 0.25) is 5.02 Å². The summed E-state index contributed by atoms with van der Waals surface area (Å²) >= 11 is 9.67. The Kier molecular flexibility index (Phi) is 8.06. The van der Waals surface area contributed by atoms with Crippen LogP contribution < -0.4 is 10.2 Å². The van der Waals surface area contributed by atoms with Gasteiger partial charge in [-0.05, 0) is 29.8 Å². The Balaban J connectivity index is 1.43. The quantitative estimate of drug-likeness (QED) is 0.489. The van der Waals surface area contributed by atoms with E-state index in [-0.39, 0.29) is 5.91 Å². The minimum absolute atomic E-state index is 0.130. The molecule has 0 aromatic heterocycles. The lowest BCUT2D eigenvalue weighted by molar-refractivity contribution is -0.122. The number of hydrogen-bond acceptors (Lipinski definition) is 5. The molecule has 0 bridgehead atoms. The van der Waals surface area contributed by atoms with Crippen LogP contribution in [0.15, 0.2) is 52.0 Å². The van der Waals surface area contributed by atoms with Crippen molar-refractivity contribution in [1.29, 1.82) is 0 Å². The lowest BCUT2D eigenvalue weighted by atomic mass is 10.2. The monoisotopic (exact) mass is 478 g/mol. The molecule has 1 amide bonds. The van der Waals surface area contributed by atoms with Crippen molar-refractivity contribution in [3.05, 3.63) is 63.1 Å². The third-order valence-electron chi connectivity index (χ3n) is 4.77. The van der Waals surface area contributed by atoms with Crippen molar-refractivity contribution in [3.8, 4) is 5.75 Å². The van der Waals surface area contributed by atoms with E-state index >= 15 is 0 Å². The normalized spacial score (nSPS) is 15.6. The van der Waals surface area contributed by atoms with Crippen LogP contribution >= 0.6 is 27.5 Å². The zero-order valence-electron chi connectivity index (χ0n) is 16.3. The fourth-order valence-electron chi connectivity index (χ4n) is 3.19. The summed E-state index contributed by atoms with van der Waals surface area (Å²) in [5, 5.41) is 4.86. The summed E-state index contributed by atoms with van der Waals surface area (Å²) in [6.07, 6.45) is 1.59. The molecule has 2 aromatic carbocycles. The van der Waals surface area contributed by atoms with Gasteiger partial charge in [0.2, 0.25) is 0 Å². The molecule has 1 aliphatic heterocycles. The highest BCUT2D eigenvalue weighted by atomic mass is 79.9. The number of amides is 1. The first-order chi connectivity index (χ1) is 14.0. The second-order valence-electron chi connectivity index (χ2n) is 6.82. The van der Waals surface area contributed by atoms with Crippen LogP contribution in [-0.4, -0.2) is 61.8 Å². The first-order valence-corrected chi connectivity index (χ1v) is 10.6. The number of nitrogens with zero attached hydrogens (tertiary/aromatic N) is 3. The Morgan fingerprint density at radius 3 is 2.66 bits per heavy atom. The van der Waals surface area contributed by atoms with Crippen molar-refractivity contribution in [3.63, 3.8) is 0 Å². The van der Waals surface area contributed by atoms with E-state index in [0.29, 0.717) is 12.3 Å². The fraction of sp³-hybridized carbons (Fsp3) is 0.333. The molecule has 0 saturated carbocycles. The van der Waals surface area contributed by atoms with Gasteiger partial charge in [0.1, 0.15) is 5.75 Å². The molecular formula is C21H24BrClN4O2. The topological polar surface area (TPSA) is 57.2 Å². The number of hydrazone groups is 1. The average Bonchev–Trinajstić information content (AvgIpc) is 2.71. The molecule has 1 heterocycles. The highest BCUT2D eigenvalue weighted by Gasteiger charge is 2.19. The lowest BCUT2D eigenvalue weighted by Gasteiger charge is -2.34. The van der Waals surface area contributed by atoms with E-state index < -0.39 is 0 Å². The average molecular weight is 480 g/mol. The maximum Gasteiger partial charge on any atom is 0.254 e. The van der Waals surface area contributed by atoms with Crippen LogP contribution in [0.5, 0.6) is 5.75 Å². The smallest absolute Gasteiger partial charge is 0.254 e. The van der Waals surface area contributed by atoms with E-state index in [4.69, 9.17) is 16.3 Å². The van der Waals surface area contributed by atoms with Crippen LogP contribution in [0.1, 0.15) is 11.1 Å². The predicted octanol–water partition coefficient (Wildman–Crippen LogP) is 3.38. The van der Waals surface area contributed by atoms with E-state index in [1.807, 2.05) is 36.4 Å². The number of carbonyl (C=O) groups excluding carboxylic acids is 1. The zero-order chi connectivity index (χ0) is 20.6. The Bertz CT molecular complexity index is 870. The van der Waals surface area contributed by atoms with Crippen LogP contribution in [0.4, 0.5) is 0 Å². The zero-order valence-corrected chi connectivity index (χ0v) is 18.6. The van der Waals surface area contributed by atoms with Crippen molar-refractivity contribution < 1.29 is 9.53 Å². The van der Waals surface area contributed by atoms with E-state index in [1.54, 1.807) is 13.3 Å². The van der Waals surface area contributed by atoms with Crippen molar-refractivity contribution in [2.75, 3.05) is 39.8 Å². The second-order valence-corrected chi connectivity index (χ2v) is 8.15. The third kappa shape index (κ3) is 6.54. The highest BCUT2D eigenvalue weighted by Crippen LogP contribution is 2.21. The molecule has 0 unspecified atom stereocenters. The van der Waals surface area contributed by atoms with Crippen LogP contribution in [-0.2, 0) is 11.3 Å². The number of methoxy groups -OCH3 is 1. The van der Waals surface area contributed by atoms with Crippen molar-refractivity contribution >= 4 is 39.7 Å². The predicted molar refractivity (Wildman–Crippen MR) is 120 cm³/mol. The Morgan fingerprint density at radius 2 is 1.93 bits per heavy atom. The van der Waals surface area contributed by atoms with E-state index in [2.05, 4.69) is 42.3 Å². The van der Waals surface area contributed by atoms with Crippen molar-refractivity contribution in [2.24, 2.45) is 5.10 Å². The first-order valence-electron chi connectivity index (χ1n) is 9.38. The summed E-state index contributed by atoms with van der Waals surface area (Å²) in [7, 11) is 1.60. The molecule has 1 saturated heterocycles. The maximum atomic E-state index is 12.2. The number of rotatable bonds is 7. The molecule has 2 aromatic rings. The molecule has 0 aliphatic carbocycles. The van der Waals surface area contributed by atoms with E-state index in [9.17, 15) is 4.79 Å². The summed E-state index contributed by atoms with van der Waals surface area (Å²) < 4.78 is 6.21. The first kappa shape index (κ1) is 21.8. The fourth-order valence-corrected chi connectivity index (χ4v) is 3.77. The number of benzene rings is 2. The number of halogens is 2. The largest absolute Gasteiger partial charge is 0.496 e. The number of nitrogens with one attached hydrogen (secondary N) is 1. The van der Waals surface area contributed by atoms with Gasteiger partial charge in [-0.25, -0.2) is 5.43 Å². The Labute approximate surface area is 184 Å². The summed E-state index contributed by atoms with van der Waals surface area (Å²) in [6, 6.07) is 13.5. The van der Waals surface area contributed by atoms with Crippen LogP contribution in [0, 0.1) is 0 Å². The molecule has 0 radical (unpaired) electrons. The van der Waals surface area contributed by atoms with Gasteiger partial charge >= 0.3 is 0 Å². The minimum Gasteiger partial charge on any atom is -0.496 e. The van der Waals surface area contributed by atoms with Crippen molar-refractivity contribution in [2.45, 2.75) is 6.54 Å². The Morgan fingerprint density at radius 1 is 1.21 bits per heavy atom. The van der Waals surface area contributed by atoms with Gasteiger partial charge < -0.3 is 4.74 Å². The second kappa shape index (κ2) is 10.7. The number of ether oxygens (including phenoxy) is 1. The lowest BCUT2D eigenvalue weighted by Crippen LogP contribution is -2.48. The number of piperazine rings is 1. The minimum atomic E-state index is -0.130. The summed E-state index contributed by atoms with van der Waals surface area (Å²) in [6.45, 7) is 4.63. The molecule has 1 fully saturated rings. The standard InChI is InChI=1S/C21H24BrClN4O2/c1-29-20-7-6-18(22)12-17(20)13-24-25-21(28)15-27-10-8-26(9-11-27)14-16-4-2-3-5-19(16)23/h2-7,12-13H,8-11,14-15H2,1H3,(H,25,28)/b24-13-. The molecule has 6 nitrogen and oxygen atoms in total. The van der Waals surface area contributed by atoms with Crippen LogP contribution in [0.25, 0.3) is 0 Å². The molecular weight excluding hydrogens is 456 g/mol. The summed E-state index contributed by atoms with van der Waals surface area (Å²) in [5.74, 6) is 0.565. The third-order valence-corrected chi connectivity index (χ3v) is 5.63. The Hall–Kier alpha value is -1.93. The van der Waals surface area contributed by atoms with E-state index in [1.165, 1.54) is 0 Å². The van der Waals surface area contributed by atoms with Gasteiger partial charge in [0.05, 0.1) is 19.9 Å². The molecule has 0 atom stereocenters.